The Morgan fingerprint density at radius 2 is 2.18 bits per heavy atom. The number of nitrogens with zero attached hydrogens (tertiary/aromatic N) is 1. The van der Waals surface area contributed by atoms with Gasteiger partial charge in [0.05, 0.1) is 0 Å². The molecular formula is C19H26N2O. The second-order valence-corrected chi connectivity index (χ2v) is 6.61. The van der Waals surface area contributed by atoms with Crippen LogP contribution in [0.5, 0.6) is 0 Å². The lowest BCUT2D eigenvalue weighted by Crippen LogP contribution is -2.44. The zero-order chi connectivity index (χ0) is 15.4. The van der Waals surface area contributed by atoms with E-state index >= 15 is 0 Å². The van der Waals surface area contributed by atoms with Gasteiger partial charge in [-0.1, -0.05) is 36.4 Å². The first-order valence-corrected chi connectivity index (χ1v) is 8.46. The molecule has 0 radical (unpaired) electrons. The van der Waals surface area contributed by atoms with Crippen molar-refractivity contribution in [2.45, 2.75) is 45.2 Å². The molecule has 1 aliphatic heterocycles. The Balaban J connectivity index is 1.45. The molecule has 1 aromatic rings. The number of carbonyl (C=O) groups excluding carboxylic acids is 1. The molecule has 3 nitrogen and oxygen atoms in total. The maximum absolute atomic E-state index is 12.0. The van der Waals surface area contributed by atoms with Gasteiger partial charge in [0.15, 0.2) is 0 Å². The van der Waals surface area contributed by atoms with Crippen molar-refractivity contribution in [3.8, 4) is 0 Å². The van der Waals surface area contributed by atoms with Crippen LogP contribution in [0.4, 0.5) is 0 Å². The molecule has 0 saturated heterocycles. The van der Waals surface area contributed by atoms with E-state index in [0.717, 1.165) is 38.9 Å². The monoisotopic (exact) mass is 298 g/mol. The predicted octanol–water partition coefficient (Wildman–Crippen LogP) is 2.91. The number of nitrogens with one attached hydrogen (secondary N) is 1. The highest BCUT2D eigenvalue weighted by molar-refractivity contribution is 5.76. The van der Waals surface area contributed by atoms with Crippen LogP contribution in [0.15, 0.2) is 36.4 Å². The smallest absolute Gasteiger partial charge is 0.220 e. The summed E-state index contributed by atoms with van der Waals surface area (Å²) >= 11 is 0. The van der Waals surface area contributed by atoms with Gasteiger partial charge in [-0.2, -0.15) is 0 Å². The van der Waals surface area contributed by atoms with Crippen molar-refractivity contribution in [1.29, 1.82) is 0 Å². The average Bonchev–Trinajstić information content (AvgIpc) is 3.05. The minimum absolute atomic E-state index is 0.195. The quantitative estimate of drug-likeness (QED) is 0.848. The van der Waals surface area contributed by atoms with Crippen LogP contribution in [-0.2, 0) is 17.8 Å². The van der Waals surface area contributed by atoms with Crippen molar-refractivity contribution >= 4 is 5.91 Å². The molecule has 0 unspecified atom stereocenters. The fourth-order valence-electron chi connectivity index (χ4n) is 3.46. The van der Waals surface area contributed by atoms with Crippen LogP contribution in [-0.4, -0.2) is 29.9 Å². The number of carbonyl (C=O) groups is 1. The van der Waals surface area contributed by atoms with E-state index in [9.17, 15) is 4.79 Å². The summed E-state index contributed by atoms with van der Waals surface area (Å²) in [6, 6.07) is 9.07. The standard InChI is InChI=1S/C19H26N2O/c1-15(13-20-19(22)12-16-6-2-3-7-16)21-11-10-17-8-4-5-9-18(17)14-21/h2,4-6,8-9,15-16H,3,7,10-14H2,1H3,(H,20,22)/t15-,16+/m0/s1. The molecule has 0 spiro atoms. The van der Waals surface area contributed by atoms with Crippen LogP contribution >= 0.6 is 0 Å². The predicted molar refractivity (Wildman–Crippen MR) is 89.5 cm³/mol. The number of benzene rings is 1. The lowest BCUT2D eigenvalue weighted by molar-refractivity contribution is -0.121. The summed E-state index contributed by atoms with van der Waals surface area (Å²) in [6.45, 7) is 5.04. The molecule has 1 amide bonds. The third-order valence-electron chi connectivity index (χ3n) is 4.94. The van der Waals surface area contributed by atoms with E-state index in [4.69, 9.17) is 0 Å². The molecule has 1 heterocycles. The Bertz CT molecular complexity index is 552. The van der Waals surface area contributed by atoms with Crippen molar-refractivity contribution in [3.63, 3.8) is 0 Å². The molecule has 0 fully saturated rings. The molecule has 3 rings (SSSR count). The molecule has 2 atom stereocenters. The largest absolute Gasteiger partial charge is 0.355 e. The van der Waals surface area contributed by atoms with Crippen LogP contribution in [0.1, 0.15) is 37.3 Å². The van der Waals surface area contributed by atoms with E-state index in [1.54, 1.807) is 0 Å². The summed E-state index contributed by atoms with van der Waals surface area (Å²) in [6.07, 6.45) is 8.39. The highest BCUT2D eigenvalue weighted by Crippen LogP contribution is 2.21. The second kappa shape index (κ2) is 7.10. The molecular weight excluding hydrogens is 272 g/mol. The van der Waals surface area contributed by atoms with Crippen LogP contribution in [0, 0.1) is 5.92 Å². The molecule has 3 heteroatoms. The first kappa shape index (κ1) is 15.3. The zero-order valence-electron chi connectivity index (χ0n) is 13.4. The van der Waals surface area contributed by atoms with Crippen molar-refractivity contribution in [2.75, 3.05) is 13.1 Å². The van der Waals surface area contributed by atoms with Crippen LogP contribution in [0.2, 0.25) is 0 Å². The van der Waals surface area contributed by atoms with Gasteiger partial charge in [0.2, 0.25) is 5.91 Å². The van der Waals surface area contributed by atoms with Gasteiger partial charge in [-0.3, -0.25) is 9.69 Å². The van der Waals surface area contributed by atoms with Gasteiger partial charge >= 0.3 is 0 Å². The molecule has 1 aliphatic carbocycles. The molecule has 0 bridgehead atoms. The Kier molecular flexibility index (Phi) is 4.94. The fraction of sp³-hybridized carbons (Fsp3) is 0.526. The van der Waals surface area contributed by atoms with E-state index in [2.05, 4.69) is 53.6 Å². The summed E-state index contributed by atoms with van der Waals surface area (Å²) in [5, 5.41) is 3.12. The number of rotatable bonds is 5. The summed E-state index contributed by atoms with van der Waals surface area (Å²) in [7, 11) is 0. The third-order valence-corrected chi connectivity index (χ3v) is 4.94. The van der Waals surface area contributed by atoms with Gasteiger partial charge in [-0.05, 0) is 43.2 Å². The molecule has 0 aromatic heterocycles. The highest BCUT2D eigenvalue weighted by atomic mass is 16.1. The molecule has 118 valence electrons. The maximum atomic E-state index is 12.0. The van der Waals surface area contributed by atoms with E-state index in [1.807, 2.05) is 0 Å². The van der Waals surface area contributed by atoms with Crippen LogP contribution < -0.4 is 5.32 Å². The Morgan fingerprint density at radius 3 is 2.95 bits per heavy atom. The number of fused-ring (bicyclic) bond motifs is 1. The normalized spacial score (nSPS) is 22.3. The molecule has 1 aromatic carbocycles. The summed E-state index contributed by atoms with van der Waals surface area (Å²) in [4.78, 5) is 14.5. The Labute approximate surface area is 133 Å². The van der Waals surface area contributed by atoms with Crippen molar-refractivity contribution < 1.29 is 4.79 Å². The Morgan fingerprint density at radius 1 is 1.36 bits per heavy atom. The molecule has 0 saturated carbocycles. The van der Waals surface area contributed by atoms with Gasteiger partial charge in [0.1, 0.15) is 0 Å². The topological polar surface area (TPSA) is 32.3 Å². The number of hydrogen-bond acceptors (Lipinski definition) is 2. The van der Waals surface area contributed by atoms with E-state index < -0.39 is 0 Å². The number of allylic oxidation sites excluding steroid dienone is 2. The first-order chi connectivity index (χ1) is 10.7. The highest BCUT2D eigenvalue weighted by Gasteiger charge is 2.21. The summed E-state index contributed by atoms with van der Waals surface area (Å²) in [5.74, 6) is 0.651. The zero-order valence-corrected chi connectivity index (χ0v) is 13.4. The number of hydrogen-bond donors (Lipinski definition) is 1. The lowest BCUT2D eigenvalue weighted by atomic mass is 9.99. The minimum Gasteiger partial charge on any atom is -0.355 e. The summed E-state index contributed by atoms with van der Waals surface area (Å²) in [5.41, 5.74) is 2.91. The first-order valence-electron chi connectivity index (χ1n) is 8.46. The van der Waals surface area contributed by atoms with Gasteiger partial charge in [0.25, 0.3) is 0 Å². The molecule has 22 heavy (non-hydrogen) atoms. The van der Waals surface area contributed by atoms with Gasteiger partial charge in [-0.25, -0.2) is 0 Å². The summed E-state index contributed by atoms with van der Waals surface area (Å²) < 4.78 is 0. The molecule has 2 aliphatic rings. The second-order valence-electron chi connectivity index (χ2n) is 6.61. The lowest BCUT2D eigenvalue weighted by Gasteiger charge is -2.33. The minimum atomic E-state index is 0.195. The average molecular weight is 298 g/mol. The van der Waals surface area contributed by atoms with E-state index in [0.29, 0.717) is 18.4 Å². The SMILES string of the molecule is C[C@@H](CNC(=O)C[C@@H]1C=CCC1)N1CCc2ccccc2C1. The molecule has 1 N–H and O–H groups in total. The van der Waals surface area contributed by atoms with Crippen molar-refractivity contribution in [2.24, 2.45) is 5.92 Å². The van der Waals surface area contributed by atoms with Gasteiger partial charge in [0, 0.05) is 32.1 Å². The van der Waals surface area contributed by atoms with Crippen LogP contribution in [0.25, 0.3) is 0 Å². The number of amides is 1. The Hall–Kier alpha value is -1.61. The van der Waals surface area contributed by atoms with Crippen molar-refractivity contribution in [3.05, 3.63) is 47.5 Å². The third kappa shape index (κ3) is 3.77. The van der Waals surface area contributed by atoms with E-state index in [-0.39, 0.29) is 5.91 Å². The van der Waals surface area contributed by atoms with Gasteiger partial charge in [-0.15, -0.1) is 0 Å². The van der Waals surface area contributed by atoms with Crippen LogP contribution in [0.3, 0.4) is 0 Å². The van der Waals surface area contributed by atoms with Crippen molar-refractivity contribution in [1.82, 2.24) is 10.2 Å². The van der Waals surface area contributed by atoms with E-state index in [1.165, 1.54) is 11.1 Å². The maximum Gasteiger partial charge on any atom is 0.220 e. The fourth-order valence-corrected chi connectivity index (χ4v) is 3.46. The van der Waals surface area contributed by atoms with Gasteiger partial charge < -0.3 is 5.32 Å².